The molecule has 0 saturated carbocycles. The molecule has 7 heteroatoms. The number of anilines is 2. The van der Waals surface area contributed by atoms with Gasteiger partial charge in [-0.25, -0.2) is 13.2 Å². The topological polar surface area (TPSA) is 54.0 Å². The summed E-state index contributed by atoms with van der Waals surface area (Å²) in [6.07, 6.45) is 1.36. The summed E-state index contributed by atoms with van der Waals surface area (Å²) < 4.78 is 40.1. The molecule has 4 nitrogen and oxygen atoms in total. The van der Waals surface area contributed by atoms with E-state index in [1.165, 1.54) is 18.3 Å². The number of nitrogens with zero attached hydrogens (tertiary/aromatic N) is 1. The highest BCUT2D eigenvalue weighted by Crippen LogP contribution is 2.23. The zero-order valence-electron chi connectivity index (χ0n) is 14.4. The molecule has 3 rings (SSSR count). The van der Waals surface area contributed by atoms with Crippen LogP contribution in [0, 0.1) is 24.4 Å². The van der Waals surface area contributed by atoms with Gasteiger partial charge in [0.25, 0.3) is 5.91 Å². The molecule has 0 bridgehead atoms. The number of hydrogen-bond donors (Lipinski definition) is 2. The van der Waals surface area contributed by atoms with Crippen LogP contribution in [0.25, 0.3) is 0 Å². The highest BCUT2D eigenvalue weighted by molar-refractivity contribution is 5.93. The van der Waals surface area contributed by atoms with Gasteiger partial charge in [-0.3, -0.25) is 9.78 Å². The molecule has 0 spiro atoms. The van der Waals surface area contributed by atoms with Crippen molar-refractivity contribution in [3.05, 3.63) is 89.0 Å². The first-order chi connectivity index (χ1) is 12.9. The molecule has 0 aliphatic carbocycles. The van der Waals surface area contributed by atoms with Crippen LogP contribution in [0.3, 0.4) is 0 Å². The number of carbonyl (C=O) groups is 1. The van der Waals surface area contributed by atoms with Gasteiger partial charge in [0.2, 0.25) is 0 Å². The van der Waals surface area contributed by atoms with E-state index in [9.17, 15) is 18.0 Å². The van der Waals surface area contributed by atoms with E-state index in [-0.39, 0.29) is 11.4 Å². The maximum atomic E-state index is 13.8. The molecule has 0 radical (unpaired) electrons. The molecule has 0 aliphatic heterocycles. The lowest BCUT2D eigenvalue weighted by atomic mass is 10.1. The van der Waals surface area contributed by atoms with Gasteiger partial charge in [-0.2, -0.15) is 0 Å². The summed E-state index contributed by atoms with van der Waals surface area (Å²) in [4.78, 5) is 16.3. The van der Waals surface area contributed by atoms with Gasteiger partial charge in [0.1, 0.15) is 5.69 Å². The van der Waals surface area contributed by atoms with Crippen molar-refractivity contribution in [2.45, 2.75) is 13.5 Å². The van der Waals surface area contributed by atoms with E-state index in [1.807, 2.05) is 31.2 Å². The van der Waals surface area contributed by atoms with E-state index in [4.69, 9.17) is 0 Å². The van der Waals surface area contributed by atoms with Gasteiger partial charge in [-0.15, -0.1) is 0 Å². The summed E-state index contributed by atoms with van der Waals surface area (Å²) in [6, 6.07) is 12.5. The van der Waals surface area contributed by atoms with Crippen LogP contribution in [0.1, 0.15) is 21.6 Å². The molecule has 1 aromatic heterocycles. The number of pyridine rings is 1. The minimum atomic E-state index is -1.56. The Bertz CT molecular complexity index is 975. The van der Waals surface area contributed by atoms with Crippen LogP contribution in [0.5, 0.6) is 0 Å². The molecule has 0 saturated heterocycles. The highest BCUT2D eigenvalue weighted by Gasteiger charge is 2.14. The number of aryl methyl sites for hydroxylation is 1. The largest absolute Gasteiger partial charge is 0.353 e. The van der Waals surface area contributed by atoms with Crippen molar-refractivity contribution in [1.29, 1.82) is 0 Å². The zero-order chi connectivity index (χ0) is 19.4. The van der Waals surface area contributed by atoms with Crippen LogP contribution >= 0.6 is 0 Å². The SMILES string of the molecule is Cc1ccc(CNC(=O)c2cc(Nc3ccc(F)c(F)c3F)ccn2)cc1. The fraction of sp³-hybridized carbons (Fsp3) is 0.100. The first-order valence-electron chi connectivity index (χ1n) is 8.14. The lowest BCUT2D eigenvalue weighted by Gasteiger charge is -2.10. The third kappa shape index (κ3) is 4.44. The average molecular weight is 371 g/mol. The van der Waals surface area contributed by atoms with E-state index in [0.717, 1.165) is 23.3 Å². The molecule has 2 aromatic carbocycles. The van der Waals surface area contributed by atoms with Gasteiger partial charge in [0.15, 0.2) is 17.5 Å². The number of carbonyl (C=O) groups excluding carboxylic acids is 1. The van der Waals surface area contributed by atoms with E-state index in [2.05, 4.69) is 15.6 Å². The van der Waals surface area contributed by atoms with Gasteiger partial charge in [-0.05, 0) is 36.8 Å². The second kappa shape index (κ2) is 7.90. The Morgan fingerprint density at radius 3 is 2.48 bits per heavy atom. The number of amides is 1. The zero-order valence-corrected chi connectivity index (χ0v) is 14.4. The molecule has 3 aromatic rings. The minimum Gasteiger partial charge on any atom is -0.353 e. The fourth-order valence-electron chi connectivity index (χ4n) is 2.39. The Kier molecular flexibility index (Phi) is 5.40. The van der Waals surface area contributed by atoms with Gasteiger partial charge < -0.3 is 10.6 Å². The molecule has 2 N–H and O–H groups in total. The molecule has 27 heavy (non-hydrogen) atoms. The number of aromatic nitrogens is 1. The average Bonchev–Trinajstić information content (AvgIpc) is 2.68. The predicted octanol–water partition coefficient (Wildman–Crippen LogP) is 4.48. The first kappa shape index (κ1) is 18.4. The summed E-state index contributed by atoms with van der Waals surface area (Å²) >= 11 is 0. The lowest BCUT2D eigenvalue weighted by Crippen LogP contribution is -2.23. The fourth-order valence-corrected chi connectivity index (χ4v) is 2.39. The lowest BCUT2D eigenvalue weighted by molar-refractivity contribution is 0.0946. The van der Waals surface area contributed by atoms with Crippen molar-refractivity contribution in [3.63, 3.8) is 0 Å². The van der Waals surface area contributed by atoms with Crippen molar-refractivity contribution in [3.8, 4) is 0 Å². The molecule has 1 heterocycles. The minimum absolute atomic E-state index is 0.107. The quantitative estimate of drug-likeness (QED) is 0.650. The standard InChI is InChI=1S/C20H16F3N3O/c1-12-2-4-13(5-3-12)11-25-20(27)17-10-14(8-9-24-17)26-16-7-6-15(21)18(22)19(16)23/h2-10H,11H2,1H3,(H,24,26)(H,25,27). The number of hydrogen-bond acceptors (Lipinski definition) is 3. The van der Waals surface area contributed by atoms with Gasteiger partial charge in [-0.1, -0.05) is 29.8 Å². The number of nitrogens with one attached hydrogen (secondary N) is 2. The number of halogens is 3. The van der Waals surface area contributed by atoms with Crippen LogP contribution < -0.4 is 10.6 Å². The molecule has 0 atom stereocenters. The maximum absolute atomic E-state index is 13.8. The van der Waals surface area contributed by atoms with Crippen molar-refractivity contribution < 1.29 is 18.0 Å². The summed E-state index contributed by atoms with van der Waals surface area (Å²) in [6.45, 7) is 2.30. The smallest absolute Gasteiger partial charge is 0.270 e. The number of rotatable bonds is 5. The molecular formula is C20H16F3N3O. The monoisotopic (exact) mass is 371 g/mol. The van der Waals surface area contributed by atoms with E-state index < -0.39 is 23.4 Å². The summed E-state index contributed by atoms with van der Waals surface area (Å²) in [5, 5.41) is 5.35. The second-order valence-corrected chi connectivity index (χ2v) is 5.95. The molecule has 0 aliphatic rings. The van der Waals surface area contributed by atoms with Crippen LogP contribution in [0.4, 0.5) is 24.5 Å². The molecular weight excluding hydrogens is 355 g/mol. The van der Waals surface area contributed by atoms with E-state index in [1.54, 1.807) is 0 Å². The van der Waals surface area contributed by atoms with Crippen LogP contribution in [0.15, 0.2) is 54.7 Å². The predicted molar refractivity (Wildman–Crippen MR) is 96.2 cm³/mol. The Labute approximate surface area is 154 Å². The molecule has 1 amide bonds. The third-order valence-corrected chi connectivity index (χ3v) is 3.88. The Morgan fingerprint density at radius 1 is 1.00 bits per heavy atom. The molecule has 0 unspecified atom stereocenters. The van der Waals surface area contributed by atoms with Crippen molar-refractivity contribution in [2.24, 2.45) is 0 Å². The van der Waals surface area contributed by atoms with E-state index in [0.29, 0.717) is 12.2 Å². The summed E-state index contributed by atoms with van der Waals surface area (Å²) in [7, 11) is 0. The highest BCUT2D eigenvalue weighted by atomic mass is 19.2. The van der Waals surface area contributed by atoms with Crippen LogP contribution in [-0.4, -0.2) is 10.9 Å². The normalized spacial score (nSPS) is 10.5. The Morgan fingerprint density at radius 2 is 1.74 bits per heavy atom. The van der Waals surface area contributed by atoms with Crippen LogP contribution in [-0.2, 0) is 6.54 Å². The third-order valence-electron chi connectivity index (χ3n) is 3.88. The van der Waals surface area contributed by atoms with Crippen molar-refractivity contribution in [1.82, 2.24) is 10.3 Å². The van der Waals surface area contributed by atoms with Crippen LogP contribution in [0.2, 0.25) is 0 Å². The summed E-state index contributed by atoms with van der Waals surface area (Å²) in [5.74, 6) is -4.59. The number of benzene rings is 2. The first-order valence-corrected chi connectivity index (χ1v) is 8.14. The Hall–Kier alpha value is -3.35. The maximum Gasteiger partial charge on any atom is 0.270 e. The van der Waals surface area contributed by atoms with Crippen molar-refractivity contribution in [2.75, 3.05) is 5.32 Å². The molecule has 0 fully saturated rings. The second-order valence-electron chi connectivity index (χ2n) is 5.95. The van der Waals surface area contributed by atoms with Crippen molar-refractivity contribution >= 4 is 17.3 Å². The summed E-state index contributed by atoms with van der Waals surface area (Å²) in [5.41, 5.74) is 2.23. The molecule has 138 valence electrons. The van der Waals surface area contributed by atoms with Gasteiger partial charge >= 0.3 is 0 Å². The Balaban J connectivity index is 1.70. The van der Waals surface area contributed by atoms with Gasteiger partial charge in [0.05, 0.1) is 5.69 Å². The van der Waals surface area contributed by atoms with Gasteiger partial charge in [0, 0.05) is 18.4 Å². The van der Waals surface area contributed by atoms with E-state index >= 15 is 0 Å².